The van der Waals surface area contributed by atoms with Gasteiger partial charge in [0.1, 0.15) is 5.75 Å². The van der Waals surface area contributed by atoms with Crippen LogP contribution < -0.4 is 5.32 Å². The number of phenols is 1. The number of nitrogens with zero attached hydrogens (tertiary/aromatic N) is 1. The highest BCUT2D eigenvalue weighted by molar-refractivity contribution is 9.10. The van der Waals surface area contributed by atoms with Gasteiger partial charge in [-0.3, -0.25) is 9.78 Å². The number of rotatable bonds is 2. The molecule has 0 spiro atoms. The van der Waals surface area contributed by atoms with E-state index < -0.39 is 0 Å². The summed E-state index contributed by atoms with van der Waals surface area (Å²) in [5, 5.41) is 11.8. The molecule has 1 amide bonds. The molecule has 1 aromatic carbocycles. The highest BCUT2D eigenvalue weighted by Gasteiger charge is 2.06. The summed E-state index contributed by atoms with van der Waals surface area (Å²) < 4.78 is 0.746. The van der Waals surface area contributed by atoms with E-state index in [2.05, 4.69) is 26.2 Å². The Morgan fingerprint density at radius 2 is 1.94 bits per heavy atom. The first-order valence-corrected chi connectivity index (χ1v) is 5.65. The predicted octanol–water partition coefficient (Wildman–Crippen LogP) is 2.80. The molecule has 5 heteroatoms. The molecule has 0 aliphatic heterocycles. The van der Waals surface area contributed by atoms with Crippen molar-refractivity contribution in [2.75, 3.05) is 5.32 Å². The molecule has 0 fully saturated rings. The van der Waals surface area contributed by atoms with Crippen molar-refractivity contribution in [3.8, 4) is 5.75 Å². The zero-order valence-electron chi connectivity index (χ0n) is 8.72. The molecule has 0 aliphatic carbocycles. The lowest BCUT2D eigenvalue weighted by atomic mass is 10.2. The topological polar surface area (TPSA) is 62.2 Å². The van der Waals surface area contributed by atoms with E-state index in [-0.39, 0.29) is 11.7 Å². The fourth-order valence-corrected chi connectivity index (χ4v) is 1.65. The zero-order chi connectivity index (χ0) is 12.3. The molecule has 0 unspecified atom stereocenters. The monoisotopic (exact) mass is 292 g/mol. The molecule has 0 atom stereocenters. The molecule has 4 nitrogen and oxygen atoms in total. The lowest BCUT2D eigenvalue weighted by molar-refractivity contribution is 0.102. The minimum Gasteiger partial charge on any atom is -0.508 e. The van der Waals surface area contributed by atoms with Crippen LogP contribution in [-0.4, -0.2) is 16.0 Å². The lowest BCUT2D eigenvalue weighted by Crippen LogP contribution is -2.11. The van der Waals surface area contributed by atoms with Crippen LogP contribution in [0.2, 0.25) is 0 Å². The number of pyridine rings is 1. The number of amides is 1. The van der Waals surface area contributed by atoms with Crippen LogP contribution in [0.5, 0.6) is 5.75 Å². The third kappa shape index (κ3) is 3.04. The second-order valence-electron chi connectivity index (χ2n) is 3.39. The molecular weight excluding hydrogens is 284 g/mol. The Morgan fingerprint density at radius 1 is 1.24 bits per heavy atom. The van der Waals surface area contributed by atoms with E-state index in [9.17, 15) is 4.79 Å². The molecule has 86 valence electrons. The van der Waals surface area contributed by atoms with Crippen molar-refractivity contribution < 1.29 is 9.90 Å². The second kappa shape index (κ2) is 4.97. The molecule has 1 aromatic heterocycles. The largest absolute Gasteiger partial charge is 0.508 e. The van der Waals surface area contributed by atoms with Gasteiger partial charge in [0.2, 0.25) is 0 Å². The van der Waals surface area contributed by atoms with Gasteiger partial charge in [-0.05, 0) is 46.3 Å². The Hall–Kier alpha value is -1.88. The van der Waals surface area contributed by atoms with E-state index >= 15 is 0 Å². The lowest BCUT2D eigenvalue weighted by Gasteiger charge is -2.05. The van der Waals surface area contributed by atoms with Crippen LogP contribution in [0.15, 0.2) is 47.2 Å². The number of benzene rings is 1. The molecule has 0 aliphatic rings. The standard InChI is InChI=1S/C12H9BrN2O2/c13-9-5-8(6-14-7-9)12(17)15-10-1-3-11(16)4-2-10/h1-7,16H,(H,15,17). The third-order valence-electron chi connectivity index (χ3n) is 2.09. The van der Waals surface area contributed by atoms with Crippen LogP contribution in [-0.2, 0) is 0 Å². The van der Waals surface area contributed by atoms with Gasteiger partial charge in [-0.1, -0.05) is 0 Å². The van der Waals surface area contributed by atoms with E-state index in [1.165, 1.54) is 18.3 Å². The summed E-state index contributed by atoms with van der Waals surface area (Å²) >= 11 is 3.25. The SMILES string of the molecule is O=C(Nc1ccc(O)cc1)c1cncc(Br)c1. The van der Waals surface area contributed by atoms with E-state index in [0.29, 0.717) is 11.3 Å². The third-order valence-corrected chi connectivity index (χ3v) is 2.53. The first-order chi connectivity index (χ1) is 8.15. The summed E-state index contributed by atoms with van der Waals surface area (Å²) in [5.41, 5.74) is 1.08. The Morgan fingerprint density at radius 3 is 2.59 bits per heavy atom. The van der Waals surface area contributed by atoms with Crippen LogP contribution in [0.1, 0.15) is 10.4 Å². The normalized spacial score (nSPS) is 9.94. The number of hydrogen-bond donors (Lipinski definition) is 2. The number of phenolic OH excluding ortho intramolecular Hbond substituents is 1. The van der Waals surface area contributed by atoms with Gasteiger partial charge in [0.25, 0.3) is 5.91 Å². The molecule has 0 bridgehead atoms. The first-order valence-electron chi connectivity index (χ1n) is 4.86. The minimum atomic E-state index is -0.246. The smallest absolute Gasteiger partial charge is 0.257 e. The number of carbonyl (C=O) groups is 1. The summed E-state index contributed by atoms with van der Waals surface area (Å²) in [7, 11) is 0. The number of anilines is 1. The maximum atomic E-state index is 11.8. The van der Waals surface area contributed by atoms with Gasteiger partial charge in [-0.25, -0.2) is 0 Å². The summed E-state index contributed by atoms with van der Waals surface area (Å²) in [6, 6.07) is 7.95. The number of nitrogens with one attached hydrogen (secondary N) is 1. The van der Waals surface area contributed by atoms with E-state index in [0.717, 1.165) is 4.47 Å². The Balaban J connectivity index is 2.14. The van der Waals surface area contributed by atoms with Crippen molar-refractivity contribution in [3.63, 3.8) is 0 Å². The van der Waals surface area contributed by atoms with Crippen molar-refractivity contribution in [3.05, 3.63) is 52.8 Å². The van der Waals surface area contributed by atoms with Gasteiger partial charge in [-0.2, -0.15) is 0 Å². The highest BCUT2D eigenvalue weighted by atomic mass is 79.9. The predicted molar refractivity (Wildman–Crippen MR) is 68.0 cm³/mol. The molecule has 2 rings (SSSR count). The molecular formula is C12H9BrN2O2. The molecule has 0 saturated heterocycles. The Labute approximate surface area is 106 Å². The van der Waals surface area contributed by atoms with Crippen molar-refractivity contribution >= 4 is 27.5 Å². The van der Waals surface area contributed by atoms with Crippen LogP contribution in [0.25, 0.3) is 0 Å². The van der Waals surface area contributed by atoms with Gasteiger partial charge < -0.3 is 10.4 Å². The molecule has 2 aromatic rings. The van der Waals surface area contributed by atoms with Gasteiger partial charge in [0, 0.05) is 22.6 Å². The fourth-order valence-electron chi connectivity index (χ4n) is 1.28. The summed E-state index contributed by atoms with van der Waals surface area (Å²) in [5.74, 6) is -0.0865. The Bertz CT molecular complexity index is 540. The molecule has 17 heavy (non-hydrogen) atoms. The van der Waals surface area contributed by atoms with Crippen LogP contribution >= 0.6 is 15.9 Å². The van der Waals surface area contributed by atoms with Crippen LogP contribution in [0.4, 0.5) is 5.69 Å². The van der Waals surface area contributed by atoms with Crippen molar-refractivity contribution in [2.45, 2.75) is 0 Å². The van der Waals surface area contributed by atoms with Crippen molar-refractivity contribution in [1.82, 2.24) is 4.98 Å². The van der Waals surface area contributed by atoms with Gasteiger partial charge in [0.05, 0.1) is 5.56 Å². The molecule has 0 radical (unpaired) electrons. The summed E-state index contributed by atoms with van der Waals surface area (Å²) in [6.07, 6.45) is 3.10. The molecule has 1 heterocycles. The number of aromatic nitrogens is 1. The van der Waals surface area contributed by atoms with Gasteiger partial charge in [-0.15, -0.1) is 0 Å². The maximum absolute atomic E-state index is 11.8. The number of aromatic hydroxyl groups is 1. The van der Waals surface area contributed by atoms with Crippen molar-refractivity contribution in [2.24, 2.45) is 0 Å². The van der Waals surface area contributed by atoms with Gasteiger partial charge in [0.15, 0.2) is 0 Å². The average Bonchev–Trinajstić information content (AvgIpc) is 2.32. The van der Waals surface area contributed by atoms with Crippen molar-refractivity contribution in [1.29, 1.82) is 0 Å². The van der Waals surface area contributed by atoms with Crippen LogP contribution in [0.3, 0.4) is 0 Å². The van der Waals surface area contributed by atoms with Gasteiger partial charge >= 0.3 is 0 Å². The molecule has 0 saturated carbocycles. The summed E-state index contributed by atoms with van der Waals surface area (Å²) in [6.45, 7) is 0. The maximum Gasteiger partial charge on any atom is 0.257 e. The van der Waals surface area contributed by atoms with E-state index in [1.807, 2.05) is 0 Å². The van der Waals surface area contributed by atoms with E-state index in [1.54, 1.807) is 24.4 Å². The number of halogens is 1. The first kappa shape index (κ1) is 11.6. The Kier molecular flexibility index (Phi) is 3.39. The van der Waals surface area contributed by atoms with E-state index in [4.69, 9.17) is 5.11 Å². The second-order valence-corrected chi connectivity index (χ2v) is 4.31. The number of hydrogen-bond acceptors (Lipinski definition) is 3. The average molecular weight is 293 g/mol. The zero-order valence-corrected chi connectivity index (χ0v) is 10.3. The summed E-state index contributed by atoms with van der Waals surface area (Å²) in [4.78, 5) is 15.7. The molecule has 2 N–H and O–H groups in total. The minimum absolute atomic E-state index is 0.159. The fraction of sp³-hybridized carbons (Fsp3) is 0. The van der Waals surface area contributed by atoms with Crippen LogP contribution in [0, 0.1) is 0 Å². The highest BCUT2D eigenvalue weighted by Crippen LogP contribution is 2.15. The number of carbonyl (C=O) groups excluding carboxylic acids is 1. The quantitative estimate of drug-likeness (QED) is 0.837.